The highest BCUT2D eigenvalue weighted by atomic mass is 35.5. The molecular formula is C34H47Cl2NO2S. The molecule has 0 saturated heterocycles. The fraction of sp³-hybridized carbons (Fsp3) is 0.588. The highest BCUT2D eigenvalue weighted by Gasteiger charge is 2.47. The van der Waals surface area contributed by atoms with Crippen molar-refractivity contribution in [2.24, 2.45) is 27.1 Å². The van der Waals surface area contributed by atoms with Crippen molar-refractivity contribution in [2.45, 2.75) is 106 Å². The number of carbonyl (C=O) groups is 1. The maximum Gasteiger partial charge on any atom is 0.159 e. The molecule has 0 N–H and O–H groups in total. The van der Waals surface area contributed by atoms with Gasteiger partial charge in [0, 0.05) is 15.6 Å². The second kappa shape index (κ2) is 12.0. The van der Waals surface area contributed by atoms with Crippen LogP contribution in [0.2, 0.25) is 10.0 Å². The Labute approximate surface area is 255 Å². The normalized spacial score (nSPS) is 23.7. The van der Waals surface area contributed by atoms with E-state index >= 15 is 0 Å². The topological polar surface area (TPSA) is 46.5 Å². The summed E-state index contributed by atoms with van der Waals surface area (Å²) in [4.78, 5) is 11.3. The molecule has 3 nitrogen and oxygen atoms in total. The number of halogens is 2. The minimum Gasteiger partial charge on any atom is -0.295 e. The lowest BCUT2D eigenvalue weighted by atomic mass is 9.87. The van der Waals surface area contributed by atoms with Gasteiger partial charge in [0.2, 0.25) is 0 Å². The van der Waals surface area contributed by atoms with Gasteiger partial charge in [-0.15, -0.1) is 0 Å². The third kappa shape index (κ3) is 8.29. The van der Waals surface area contributed by atoms with Gasteiger partial charge in [-0.2, -0.15) is 4.40 Å². The van der Waals surface area contributed by atoms with Gasteiger partial charge < -0.3 is 0 Å². The van der Waals surface area contributed by atoms with Gasteiger partial charge in [-0.3, -0.25) is 4.79 Å². The van der Waals surface area contributed by atoms with Gasteiger partial charge in [0.15, 0.2) is 5.78 Å². The summed E-state index contributed by atoms with van der Waals surface area (Å²) < 4.78 is 16.1. The lowest BCUT2D eigenvalue weighted by Crippen LogP contribution is -2.20. The van der Waals surface area contributed by atoms with E-state index in [-0.39, 0.29) is 10.5 Å². The van der Waals surface area contributed by atoms with E-state index in [2.05, 4.69) is 58.1 Å². The smallest absolute Gasteiger partial charge is 0.159 e. The lowest BCUT2D eigenvalue weighted by molar-refractivity contribution is 0.101. The van der Waals surface area contributed by atoms with Crippen LogP contribution in [-0.2, 0) is 11.0 Å². The van der Waals surface area contributed by atoms with Crippen molar-refractivity contribution in [1.29, 1.82) is 0 Å². The fourth-order valence-corrected chi connectivity index (χ4v) is 6.67. The van der Waals surface area contributed by atoms with Crippen molar-refractivity contribution >= 4 is 45.7 Å². The second-order valence-electron chi connectivity index (χ2n) is 14.7. The van der Waals surface area contributed by atoms with Gasteiger partial charge >= 0.3 is 0 Å². The minimum absolute atomic E-state index is 0.0709. The Morgan fingerprint density at radius 1 is 0.750 bits per heavy atom. The maximum absolute atomic E-state index is 12.2. The van der Waals surface area contributed by atoms with Crippen LogP contribution in [0.25, 0.3) is 0 Å². The minimum atomic E-state index is -1.25. The van der Waals surface area contributed by atoms with Crippen molar-refractivity contribution in [1.82, 2.24) is 0 Å². The van der Waals surface area contributed by atoms with Crippen molar-refractivity contribution in [3.05, 3.63) is 68.7 Å². The zero-order valence-electron chi connectivity index (χ0n) is 26.1. The SMILES string of the molecule is CC(=N[S@@](=O)C(C)(C)C)c1ccc([C@@H]2C[C@H]2C(C)(C)C)c(Cl)c1.CC(=O)c1ccc([C@@H]2C[C@H]2C(C)(C)C)c(Cl)c1. The summed E-state index contributed by atoms with van der Waals surface area (Å²) in [6, 6.07) is 11.9. The number of ketones is 1. The Balaban J connectivity index is 0.000000230. The molecule has 5 atom stereocenters. The molecule has 6 heteroatoms. The number of hydrogen-bond acceptors (Lipinski definition) is 2. The molecule has 40 heavy (non-hydrogen) atoms. The molecule has 2 aliphatic carbocycles. The third-order valence-corrected chi connectivity index (χ3v) is 10.3. The van der Waals surface area contributed by atoms with Crippen LogP contribution in [0.1, 0.15) is 128 Å². The summed E-state index contributed by atoms with van der Waals surface area (Å²) in [6.45, 7) is 22.9. The Kier molecular flexibility index (Phi) is 9.92. The summed E-state index contributed by atoms with van der Waals surface area (Å²) in [6.07, 6.45) is 2.42. The average molecular weight is 605 g/mol. The van der Waals surface area contributed by atoms with Crippen molar-refractivity contribution in [3.8, 4) is 0 Å². The molecule has 2 aromatic rings. The molecule has 0 radical (unpaired) electrons. The van der Waals surface area contributed by atoms with E-state index in [1.807, 2.05) is 45.9 Å². The second-order valence-corrected chi connectivity index (χ2v) is 17.4. The van der Waals surface area contributed by atoms with Gasteiger partial charge in [0.25, 0.3) is 0 Å². The van der Waals surface area contributed by atoms with Crippen LogP contribution in [0, 0.1) is 22.7 Å². The Bertz CT molecular complexity index is 1310. The molecule has 4 rings (SSSR count). The van der Waals surface area contributed by atoms with E-state index in [0.29, 0.717) is 40.1 Å². The van der Waals surface area contributed by atoms with E-state index < -0.39 is 11.0 Å². The molecule has 0 unspecified atom stereocenters. The van der Waals surface area contributed by atoms with Crippen LogP contribution in [-0.4, -0.2) is 20.5 Å². The average Bonchev–Trinajstić information content (AvgIpc) is 3.71. The molecule has 0 aromatic heterocycles. The molecule has 0 aliphatic heterocycles. The predicted molar refractivity (Wildman–Crippen MR) is 174 cm³/mol. The largest absolute Gasteiger partial charge is 0.295 e. The number of hydrogen-bond donors (Lipinski definition) is 0. The first-order valence-electron chi connectivity index (χ1n) is 14.3. The van der Waals surface area contributed by atoms with E-state index in [9.17, 15) is 9.00 Å². The molecule has 2 saturated carbocycles. The van der Waals surface area contributed by atoms with Gasteiger partial charge in [0.1, 0.15) is 11.0 Å². The summed E-state index contributed by atoms with van der Waals surface area (Å²) in [5.41, 5.74) is 5.53. The maximum atomic E-state index is 12.2. The molecular weight excluding hydrogens is 557 g/mol. The van der Waals surface area contributed by atoms with Crippen LogP contribution in [0.4, 0.5) is 0 Å². The van der Waals surface area contributed by atoms with Gasteiger partial charge in [-0.25, -0.2) is 4.21 Å². The van der Waals surface area contributed by atoms with Crippen LogP contribution >= 0.6 is 23.2 Å². The summed E-state index contributed by atoms with van der Waals surface area (Å²) in [5, 5.41) is 1.55. The molecule has 2 aliphatic rings. The monoisotopic (exact) mass is 603 g/mol. The lowest BCUT2D eigenvalue weighted by Gasteiger charge is -2.18. The first kappa shape index (κ1) is 33.0. The number of Topliss-reactive ketones (excluding diaryl/α,β-unsaturated/α-hetero) is 1. The van der Waals surface area contributed by atoms with Crippen molar-refractivity contribution in [2.75, 3.05) is 0 Å². The Morgan fingerprint density at radius 3 is 1.48 bits per heavy atom. The summed E-state index contributed by atoms with van der Waals surface area (Å²) >= 11 is 12.8. The molecule has 0 amide bonds. The first-order valence-corrected chi connectivity index (χ1v) is 16.2. The number of carbonyl (C=O) groups excluding carboxylic acids is 1. The van der Waals surface area contributed by atoms with Crippen molar-refractivity contribution < 1.29 is 9.00 Å². The van der Waals surface area contributed by atoms with E-state index in [1.165, 1.54) is 24.0 Å². The quantitative estimate of drug-likeness (QED) is 0.252. The highest BCUT2D eigenvalue weighted by molar-refractivity contribution is 7.85. The molecule has 2 aromatic carbocycles. The summed E-state index contributed by atoms with van der Waals surface area (Å²) in [7, 11) is -1.25. The fourth-order valence-electron chi connectivity index (χ4n) is 5.41. The zero-order chi connectivity index (χ0) is 30.4. The van der Waals surface area contributed by atoms with E-state index in [0.717, 1.165) is 21.3 Å². The number of nitrogens with zero attached hydrogens (tertiary/aromatic N) is 1. The van der Waals surface area contributed by atoms with Crippen LogP contribution < -0.4 is 0 Å². The van der Waals surface area contributed by atoms with Crippen LogP contribution in [0.15, 0.2) is 40.8 Å². The number of rotatable bonds is 5. The molecule has 2 fully saturated rings. The van der Waals surface area contributed by atoms with Crippen LogP contribution in [0.5, 0.6) is 0 Å². The standard InChI is InChI=1S/C19H28ClNOS.C15H19ClO/c1-12(21-23(22)19(5,6)7)13-8-9-14(17(20)10-13)15-11-16(15)18(2,3)4;1-9(17)10-5-6-11(14(16)7-10)12-8-13(12)15(2,3)4/h8-10,15-16H,11H2,1-7H3;5-7,12-13H,8H2,1-4H3/t15-,16+,23-;12-,13+/m00/s1. The van der Waals surface area contributed by atoms with E-state index in [4.69, 9.17) is 23.2 Å². The van der Waals surface area contributed by atoms with Gasteiger partial charge in [0.05, 0.1) is 10.5 Å². The highest BCUT2D eigenvalue weighted by Crippen LogP contribution is 2.58. The van der Waals surface area contributed by atoms with Gasteiger partial charge in [-0.05, 0) is 111 Å². The van der Waals surface area contributed by atoms with Crippen molar-refractivity contribution in [3.63, 3.8) is 0 Å². The predicted octanol–water partition coefficient (Wildman–Crippen LogP) is 10.5. The molecule has 0 heterocycles. The summed E-state index contributed by atoms with van der Waals surface area (Å²) in [5.74, 6) is 2.62. The Hall–Kier alpha value is -1.49. The number of benzene rings is 2. The Morgan fingerprint density at radius 2 is 1.15 bits per heavy atom. The third-order valence-electron chi connectivity index (χ3n) is 8.17. The molecule has 220 valence electrons. The first-order chi connectivity index (χ1) is 18.2. The van der Waals surface area contributed by atoms with Crippen LogP contribution in [0.3, 0.4) is 0 Å². The zero-order valence-corrected chi connectivity index (χ0v) is 28.4. The van der Waals surface area contributed by atoms with E-state index in [1.54, 1.807) is 13.0 Å². The molecule has 0 spiro atoms. The molecule has 0 bridgehead atoms. The van der Waals surface area contributed by atoms with Gasteiger partial charge in [-0.1, -0.05) is 89.0 Å².